The van der Waals surface area contributed by atoms with Gasteiger partial charge in [0.05, 0.1) is 39.5 Å². The number of benzene rings is 2. The van der Waals surface area contributed by atoms with Crippen LogP contribution in [0.2, 0.25) is 0 Å². The lowest BCUT2D eigenvalue weighted by molar-refractivity contribution is -0.908. The fourth-order valence-corrected chi connectivity index (χ4v) is 5.11. The number of carbonyl (C=O) groups excluding carboxylic acids is 2. The minimum absolute atomic E-state index is 0.0694. The zero-order valence-electron chi connectivity index (χ0n) is 23.1. The molecule has 9 heteroatoms. The van der Waals surface area contributed by atoms with Crippen LogP contribution < -0.4 is 19.5 Å². The lowest BCUT2D eigenvalue weighted by Crippen LogP contribution is -3.14. The molecule has 2 fully saturated rings. The van der Waals surface area contributed by atoms with Crippen molar-refractivity contribution in [1.29, 1.82) is 0 Å². The van der Waals surface area contributed by atoms with E-state index in [4.69, 9.17) is 14.2 Å². The zero-order valence-corrected chi connectivity index (χ0v) is 23.1. The first-order valence-corrected chi connectivity index (χ1v) is 13.5. The van der Waals surface area contributed by atoms with Gasteiger partial charge in [-0.05, 0) is 53.8 Å². The van der Waals surface area contributed by atoms with Crippen molar-refractivity contribution < 1.29 is 38.9 Å². The number of nitrogens with one attached hydrogen (secondary N) is 1. The number of rotatable bonds is 10. The first-order valence-electron chi connectivity index (χ1n) is 13.5. The fraction of sp³-hybridized carbons (Fsp3) is 0.467. The summed E-state index contributed by atoms with van der Waals surface area (Å²) in [6.45, 7) is 10.8. The molecule has 2 aromatic rings. The Morgan fingerprint density at radius 3 is 2.59 bits per heavy atom. The summed E-state index contributed by atoms with van der Waals surface area (Å²) in [5.74, 6) is -0.852. The van der Waals surface area contributed by atoms with Gasteiger partial charge in [-0.2, -0.15) is 0 Å². The van der Waals surface area contributed by atoms with Gasteiger partial charge in [0.1, 0.15) is 18.8 Å². The van der Waals surface area contributed by atoms with Crippen LogP contribution in [-0.2, 0) is 14.3 Å². The van der Waals surface area contributed by atoms with E-state index in [1.165, 1.54) is 23.0 Å². The molecule has 4 rings (SSSR count). The van der Waals surface area contributed by atoms with Crippen LogP contribution in [0.4, 0.5) is 0 Å². The first-order chi connectivity index (χ1) is 18.7. The summed E-state index contributed by atoms with van der Waals surface area (Å²) in [4.78, 5) is 29.6. The lowest BCUT2D eigenvalue weighted by atomic mass is 9.93. The molecule has 1 unspecified atom stereocenters. The number of methoxy groups -OCH3 is 1. The van der Waals surface area contributed by atoms with Crippen molar-refractivity contribution in [2.45, 2.75) is 33.2 Å². The molecular formula is C30H38N2O7. The van der Waals surface area contributed by atoms with Crippen molar-refractivity contribution in [3.8, 4) is 17.2 Å². The van der Waals surface area contributed by atoms with Crippen molar-refractivity contribution in [2.24, 2.45) is 5.92 Å². The number of aryl methyl sites for hydroxylation is 1. The van der Waals surface area contributed by atoms with E-state index in [9.17, 15) is 19.8 Å². The molecule has 1 amide bonds. The summed E-state index contributed by atoms with van der Waals surface area (Å²) in [5.41, 5.74) is 1.44. The summed E-state index contributed by atoms with van der Waals surface area (Å²) in [5, 5.41) is 24.1. The fourth-order valence-electron chi connectivity index (χ4n) is 5.11. The highest BCUT2D eigenvalue weighted by Crippen LogP contribution is 2.41. The van der Waals surface area contributed by atoms with Gasteiger partial charge in [-0.15, -0.1) is 0 Å². The number of ketones is 1. The third-order valence-electron chi connectivity index (χ3n) is 7.20. The summed E-state index contributed by atoms with van der Waals surface area (Å²) in [6.07, 6.45) is 0.669. The number of hydrogen-bond donors (Lipinski definition) is 2. The van der Waals surface area contributed by atoms with Crippen LogP contribution in [-0.4, -0.2) is 74.8 Å². The first kappa shape index (κ1) is 28.4. The second kappa shape index (κ2) is 12.5. The number of carbonyl (C=O) groups is 2. The number of nitrogens with zero attached hydrogens (tertiary/aromatic N) is 1. The molecule has 210 valence electrons. The molecule has 0 radical (unpaired) electrons. The predicted molar refractivity (Wildman–Crippen MR) is 144 cm³/mol. The van der Waals surface area contributed by atoms with E-state index in [1.54, 1.807) is 37.3 Å². The average molecular weight is 539 g/mol. The highest BCUT2D eigenvalue weighted by Gasteiger charge is 2.44. The Morgan fingerprint density at radius 1 is 1.18 bits per heavy atom. The molecule has 0 aliphatic carbocycles. The Bertz CT molecular complexity index is 1230. The molecule has 2 aliphatic rings. The molecule has 9 nitrogen and oxygen atoms in total. The van der Waals surface area contributed by atoms with Crippen molar-refractivity contribution in [3.63, 3.8) is 0 Å². The van der Waals surface area contributed by atoms with Crippen molar-refractivity contribution in [2.75, 3.05) is 53.1 Å². The molecule has 0 aromatic heterocycles. The van der Waals surface area contributed by atoms with Gasteiger partial charge < -0.3 is 34.2 Å². The number of hydrogen-bond acceptors (Lipinski definition) is 7. The normalized spacial score (nSPS) is 19.6. The molecule has 0 saturated carbocycles. The summed E-state index contributed by atoms with van der Waals surface area (Å²) in [7, 11) is 1.43. The van der Waals surface area contributed by atoms with Gasteiger partial charge in [-0.25, -0.2) is 0 Å². The van der Waals surface area contributed by atoms with Crippen LogP contribution in [0.5, 0.6) is 17.2 Å². The van der Waals surface area contributed by atoms with E-state index in [1.807, 2.05) is 0 Å². The Balaban J connectivity index is 1.70. The summed E-state index contributed by atoms with van der Waals surface area (Å²) in [6, 6.07) is 8.91. The largest absolute Gasteiger partial charge is 0.872 e. The molecular weight excluding hydrogens is 500 g/mol. The van der Waals surface area contributed by atoms with Crippen molar-refractivity contribution in [1.82, 2.24) is 4.90 Å². The Hall–Kier alpha value is -3.56. The van der Waals surface area contributed by atoms with Crippen LogP contribution in [0.3, 0.4) is 0 Å². The Kier molecular flexibility index (Phi) is 9.14. The third-order valence-corrected chi connectivity index (χ3v) is 7.20. The van der Waals surface area contributed by atoms with Gasteiger partial charge in [0.25, 0.3) is 5.91 Å². The third kappa shape index (κ3) is 6.37. The molecule has 0 bridgehead atoms. The number of Topliss-reactive ketones (excluding diaryl/α,β-unsaturated/α-hetero) is 1. The number of phenols is 1. The lowest BCUT2D eigenvalue weighted by Gasteiger charge is -2.29. The molecule has 1 atom stereocenters. The maximum Gasteiger partial charge on any atom is 0.295 e. The molecule has 2 aromatic carbocycles. The SMILES string of the molecule is COc1cc(C2C(=C([O-])c3ccc(OCC(C)C)cc3C)C(=O)C(=O)N2CCC[NH+]2CCOCC2)ccc1O. The molecule has 2 N–H and O–H groups in total. The number of likely N-dealkylation sites (tertiary alicyclic amines) is 1. The van der Waals surface area contributed by atoms with Crippen molar-refractivity contribution in [3.05, 3.63) is 58.7 Å². The van der Waals surface area contributed by atoms with Gasteiger partial charge in [0, 0.05) is 18.5 Å². The van der Waals surface area contributed by atoms with Gasteiger partial charge in [-0.1, -0.05) is 31.7 Å². The molecule has 2 aliphatic heterocycles. The predicted octanol–water partition coefficient (Wildman–Crippen LogP) is 1.27. The van der Waals surface area contributed by atoms with Crippen LogP contribution in [0, 0.1) is 12.8 Å². The van der Waals surface area contributed by atoms with E-state index in [0.717, 1.165) is 19.6 Å². The number of amides is 1. The van der Waals surface area contributed by atoms with Gasteiger partial charge in [0.15, 0.2) is 11.5 Å². The smallest absolute Gasteiger partial charge is 0.295 e. The van der Waals surface area contributed by atoms with Gasteiger partial charge in [-0.3, -0.25) is 9.59 Å². The summed E-state index contributed by atoms with van der Waals surface area (Å²) >= 11 is 0. The van der Waals surface area contributed by atoms with Gasteiger partial charge in [0.2, 0.25) is 5.78 Å². The molecule has 2 heterocycles. The second-order valence-corrected chi connectivity index (χ2v) is 10.6. The monoisotopic (exact) mass is 538 g/mol. The van der Waals surface area contributed by atoms with Gasteiger partial charge >= 0.3 is 0 Å². The van der Waals surface area contributed by atoms with Crippen LogP contribution in [0.15, 0.2) is 42.0 Å². The van der Waals surface area contributed by atoms with Crippen LogP contribution >= 0.6 is 0 Å². The van der Waals surface area contributed by atoms with E-state index in [-0.39, 0.29) is 17.1 Å². The highest BCUT2D eigenvalue weighted by atomic mass is 16.5. The molecule has 39 heavy (non-hydrogen) atoms. The maximum absolute atomic E-state index is 13.9. The Labute approximate surface area is 229 Å². The number of phenolic OH excluding ortho intramolecular Hbond substituents is 1. The minimum Gasteiger partial charge on any atom is -0.872 e. The topological polar surface area (TPSA) is 113 Å². The Morgan fingerprint density at radius 2 is 1.92 bits per heavy atom. The van der Waals surface area contributed by atoms with E-state index < -0.39 is 23.5 Å². The molecule has 0 spiro atoms. The van der Waals surface area contributed by atoms with E-state index in [2.05, 4.69) is 13.8 Å². The van der Waals surface area contributed by atoms with E-state index in [0.29, 0.717) is 61.1 Å². The number of quaternary nitrogens is 1. The minimum atomic E-state index is -0.886. The quantitative estimate of drug-likeness (QED) is 0.266. The number of ether oxygens (including phenoxy) is 3. The number of morpholine rings is 1. The number of aromatic hydroxyl groups is 1. The zero-order chi connectivity index (χ0) is 28.1. The van der Waals surface area contributed by atoms with Crippen LogP contribution in [0.1, 0.15) is 43.0 Å². The van der Waals surface area contributed by atoms with Crippen molar-refractivity contribution >= 4 is 17.4 Å². The maximum atomic E-state index is 13.9. The highest BCUT2D eigenvalue weighted by molar-refractivity contribution is 6.46. The molecule has 2 saturated heterocycles. The summed E-state index contributed by atoms with van der Waals surface area (Å²) < 4.78 is 16.5. The van der Waals surface area contributed by atoms with Crippen LogP contribution in [0.25, 0.3) is 5.76 Å². The van der Waals surface area contributed by atoms with E-state index >= 15 is 0 Å². The standard InChI is InChI=1S/C30H38N2O7/c1-19(2)18-39-22-7-8-23(20(3)16-22)28(34)26-27(21-6-9-24(33)25(17-21)37-4)32(30(36)29(26)35)11-5-10-31-12-14-38-15-13-31/h6-9,16-17,19,27,33-34H,5,10-15,18H2,1-4H3. The second-order valence-electron chi connectivity index (χ2n) is 10.6. The average Bonchev–Trinajstić information content (AvgIpc) is 3.17.